The fourth-order valence-electron chi connectivity index (χ4n) is 2.87. The number of benzene rings is 2. The maximum absolute atomic E-state index is 12.1. The summed E-state index contributed by atoms with van der Waals surface area (Å²) in [5, 5.41) is 6.07. The summed E-state index contributed by atoms with van der Waals surface area (Å²) in [6, 6.07) is 14.0. The number of amides is 1. The SMILES string of the molecule is Cc1cc(NCC(=O)Nc2ccc(N3CCCC3)cc2)ccc1Br. The van der Waals surface area contributed by atoms with Crippen LogP contribution in [0.2, 0.25) is 0 Å². The lowest BCUT2D eigenvalue weighted by molar-refractivity contribution is -0.114. The Balaban J connectivity index is 1.51. The number of carbonyl (C=O) groups excluding carboxylic acids is 1. The molecule has 0 aliphatic carbocycles. The Morgan fingerprint density at radius 3 is 2.42 bits per heavy atom. The largest absolute Gasteiger partial charge is 0.376 e. The molecule has 1 aliphatic rings. The minimum absolute atomic E-state index is 0.0514. The van der Waals surface area contributed by atoms with Crippen LogP contribution >= 0.6 is 15.9 Å². The number of aryl methyl sites for hydroxylation is 1. The first kappa shape index (κ1) is 16.8. The Hall–Kier alpha value is -2.01. The van der Waals surface area contributed by atoms with E-state index in [2.05, 4.69) is 43.6 Å². The topological polar surface area (TPSA) is 44.4 Å². The molecule has 2 aromatic rings. The molecule has 1 heterocycles. The minimum Gasteiger partial charge on any atom is -0.376 e. The van der Waals surface area contributed by atoms with E-state index in [0.29, 0.717) is 0 Å². The standard InChI is InChI=1S/C19H22BrN3O/c1-14-12-16(6-9-18(14)20)21-13-19(24)22-15-4-7-17(8-5-15)23-10-2-3-11-23/h4-9,12,21H,2-3,10-11,13H2,1H3,(H,22,24). The van der Waals surface area contributed by atoms with Gasteiger partial charge in [-0.05, 0) is 67.8 Å². The minimum atomic E-state index is -0.0514. The van der Waals surface area contributed by atoms with Crippen LogP contribution in [0.3, 0.4) is 0 Å². The molecule has 1 saturated heterocycles. The van der Waals surface area contributed by atoms with Crippen molar-refractivity contribution < 1.29 is 4.79 Å². The van der Waals surface area contributed by atoms with Crippen LogP contribution in [0.4, 0.5) is 17.1 Å². The number of nitrogens with zero attached hydrogens (tertiary/aromatic N) is 1. The lowest BCUT2D eigenvalue weighted by atomic mass is 10.2. The van der Waals surface area contributed by atoms with Gasteiger partial charge in [0.2, 0.25) is 5.91 Å². The number of rotatable bonds is 5. The lowest BCUT2D eigenvalue weighted by Crippen LogP contribution is -2.22. The zero-order valence-electron chi connectivity index (χ0n) is 13.8. The van der Waals surface area contributed by atoms with Gasteiger partial charge in [-0.1, -0.05) is 15.9 Å². The van der Waals surface area contributed by atoms with Crippen molar-refractivity contribution in [3.05, 3.63) is 52.5 Å². The van der Waals surface area contributed by atoms with Gasteiger partial charge in [-0.25, -0.2) is 0 Å². The third-order valence-corrected chi connectivity index (χ3v) is 5.12. The van der Waals surface area contributed by atoms with Crippen molar-refractivity contribution in [1.29, 1.82) is 0 Å². The molecule has 5 heteroatoms. The number of halogens is 1. The zero-order chi connectivity index (χ0) is 16.9. The average molecular weight is 388 g/mol. The molecule has 24 heavy (non-hydrogen) atoms. The Morgan fingerprint density at radius 1 is 1.08 bits per heavy atom. The number of hydrogen-bond acceptors (Lipinski definition) is 3. The molecule has 0 radical (unpaired) electrons. The maximum Gasteiger partial charge on any atom is 0.243 e. The van der Waals surface area contributed by atoms with Gasteiger partial charge < -0.3 is 15.5 Å². The van der Waals surface area contributed by atoms with E-state index in [1.54, 1.807) is 0 Å². The Labute approximate surface area is 151 Å². The lowest BCUT2D eigenvalue weighted by Gasteiger charge is -2.17. The number of hydrogen-bond donors (Lipinski definition) is 2. The second kappa shape index (κ2) is 7.71. The molecular formula is C19H22BrN3O. The van der Waals surface area contributed by atoms with Crippen LogP contribution < -0.4 is 15.5 Å². The first-order valence-electron chi connectivity index (χ1n) is 8.27. The second-order valence-corrected chi connectivity index (χ2v) is 6.96. The van der Waals surface area contributed by atoms with Crippen molar-refractivity contribution in [2.75, 3.05) is 35.2 Å². The van der Waals surface area contributed by atoms with E-state index in [-0.39, 0.29) is 12.5 Å². The smallest absolute Gasteiger partial charge is 0.243 e. The number of carbonyl (C=O) groups is 1. The Kier molecular flexibility index (Phi) is 5.41. The summed E-state index contributed by atoms with van der Waals surface area (Å²) in [6.45, 7) is 4.52. The first-order chi connectivity index (χ1) is 11.6. The van der Waals surface area contributed by atoms with E-state index in [1.807, 2.05) is 37.3 Å². The van der Waals surface area contributed by atoms with Gasteiger partial charge in [0.15, 0.2) is 0 Å². The van der Waals surface area contributed by atoms with Gasteiger partial charge >= 0.3 is 0 Å². The fraction of sp³-hybridized carbons (Fsp3) is 0.316. The van der Waals surface area contributed by atoms with E-state index in [1.165, 1.54) is 18.5 Å². The molecule has 0 aromatic heterocycles. The predicted octanol–water partition coefficient (Wildman–Crippen LogP) is 4.41. The molecule has 0 saturated carbocycles. The summed E-state index contributed by atoms with van der Waals surface area (Å²) in [7, 11) is 0. The van der Waals surface area contributed by atoms with E-state index in [4.69, 9.17) is 0 Å². The van der Waals surface area contributed by atoms with Crippen LogP contribution in [0, 0.1) is 6.92 Å². The van der Waals surface area contributed by atoms with Gasteiger partial charge in [0.1, 0.15) is 0 Å². The molecule has 0 unspecified atom stereocenters. The monoisotopic (exact) mass is 387 g/mol. The van der Waals surface area contributed by atoms with Crippen LogP contribution in [0.25, 0.3) is 0 Å². The van der Waals surface area contributed by atoms with Gasteiger partial charge in [0, 0.05) is 34.6 Å². The van der Waals surface area contributed by atoms with Crippen molar-refractivity contribution in [2.45, 2.75) is 19.8 Å². The highest BCUT2D eigenvalue weighted by atomic mass is 79.9. The number of anilines is 3. The molecular weight excluding hydrogens is 366 g/mol. The van der Waals surface area contributed by atoms with Crippen LogP contribution in [-0.2, 0) is 4.79 Å². The van der Waals surface area contributed by atoms with Gasteiger partial charge in [-0.2, -0.15) is 0 Å². The van der Waals surface area contributed by atoms with Crippen molar-refractivity contribution in [1.82, 2.24) is 0 Å². The highest BCUT2D eigenvalue weighted by molar-refractivity contribution is 9.10. The third kappa shape index (κ3) is 4.29. The van der Waals surface area contributed by atoms with E-state index in [0.717, 1.165) is 34.5 Å². The quantitative estimate of drug-likeness (QED) is 0.798. The van der Waals surface area contributed by atoms with Crippen molar-refractivity contribution in [3.63, 3.8) is 0 Å². The summed E-state index contributed by atoms with van der Waals surface area (Å²) in [4.78, 5) is 14.5. The fourth-order valence-corrected chi connectivity index (χ4v) is 3.12. The summed E-state index contributed by atoms with van der Waals surface area (Å²) in [5.41, 5.74) is 4.14. The third-order valence-electron chi connectivity index (χ3n) is 4.23. The molecule has 1 amide bonds. The van der Waals surface area contributed by atoms with Gasteiger partial charge in [0.25, 0.3) is 0 Å². The van der Waals surface area contributed by atoms with Crippen LogP contribution in [-0.4, -0.2) is 25.5 Å². The second-order valence-electron chi connectivity index (χ2n) is 6.11. The molecule has 2 aromatic carbocycles. The zero-order valence-corrected chi connectivity index (χ0v) is 15.4. The average Bonchev–Trinajstić information content (AvgIpc) is 3.11. The van der Waals surface area contributed by atoms with Crippen LogP contribution in [0.5, 0.6) is 0 Å². The predicted molar refractivity (Wildman–Crippen MR) is 104 cm³/mol. The highest BCUT2D eigenvalue weighted by Crippen LogP contribution is 2.22. The number of nitrogens with one attached hydrogen (secondary N) is 2. The molecule has 0 spiro atoms. The van der Waals surface area contributed by atoms with Crippen molar-refractivity contribution in [2.24, 2.45) is 0 Å². The molecule has 1 fully saturated rings. The summed E-state index contributed by atoms with van der Waals surface area (Å²) >= 11 is 3.47. The molecule has 126 valence electrons. The maximum atomic E-state index is 12.1. The molecule has 0 atom stereocenters. The normalized spacial score (nSPS) is 13.8. The summed E-state index contributed by atoms with van der Waals surface area (Å²) in [6.07, 6.45) is 2.53. The van der Waals surface area contributed by atoms with Crippen molar-refractivity contribution >= 4 is 38.9 Å². The van der Waals surface area contributed by atoms with E-state index in [9.17, 15) is 4.79 Å². The highest BCUT2D eigenvalue weighted by Gasteiger charge is 2.12. The summed E-state index contributed by atoms with van der Waals surface area (Å²) < 4.78 is 1.07. The Morgan fingerprint density at radius 2 is 1.75 bits per heavy atom. The molecule has 4 nitrogen and oxygen atoms in total. The molecule has 2 N–H and O–H groups in total. The van der Waals surface area contributed by atoms with Gasteiger partial charge in [0.05, 0.1) is 6.54 Å². The van der Waals surface area contributed by atoms with Gasteiger partial charge in [-0.3, -0.25) is 4.79 Å². The van der Waals surface area contributed by atoms with E-state index >= 15 is 0 Å². The molecule has 1 aliphatic heterocycles. The van der Waals surface area contributed by atoms with Gasteiger partial charge in [-0.15, -0.1) is 0 Å². The molecule has 3 rings (SSSR count). The van der Waals surface area contributed by atoms with Crippen LogP contribution in [0.1, 0.15) is 18.4 Å². The molecule has 0 bridgehead atoms. The van der Waals surface area contributed by atoms with E-state index < -0.39 is 0 Å². The van der Waals surface area contributed by atoms with Crippen molar-refractivity contribution in [3.8, 4) is 0 Å². The first-order valence-corrected chi connectivity index (χ1v) is 9.06. The summed E-state index contributed by atoms with van der Waals surface area (Å²) in [5.74, 6) is -0.0514. The Bertz CT molecular complexity index is 709. The van der Waals surface area contributed by atoms with Crippen LogP contribution in [0.15, 0.2) is 46.9 Å².